The van der Waals surface area contributed by atoms with Gasteiger partial charge in [0.25, 0.3) is 5.69 Å². The molecule has 4 nitrogen and oxygen atoms in total. The lowest BCUT2D eigenvalue weighted by Gasteiger charge is -2.11. The number of aliphatic hydroxyl groups is 1. The molecular weight excluding hydrogens is 268 g/mol. The standard InChI is InChI=1S/C14H11F2NO3/c15-11-6-10(7-12(16)8-11)14(18)5-9-1-3-13(4-2-9)17(19)20/h1-4,6-8,14,18H,5H2. The number of aliphatic hydroxyl groups excluding tert-OH is 1. The minimum atomic E-state index is -1.08. The third kappa shape index (κ3) is 3.36. The van der Waals surface area contributed by atoms with Crippen LogP contribution >= 0.6 is 0 Å². The average molecular weight is 279 g/mol. The number of nitro benzene ring substituents is 1. The fraction of sp³-hybridized carbons (Fsp3) is 0.143. The highest BCUT2D eigenvalue weighted by Crippen LogP contribution is 2.21. The summed E-state index contributed by atoms with van der Waals surface area (Å²) in [5.41, 5.74) is 0.702. The second-order valence-corrected chi connectivity index (χ2v) is 4.35. The molecule has 0 aromatic heterocycles. The molecule has 1 N–H and O–H groups in total. The van der Waals surface area contributed by atoms with E-state index in [1.165, 1.54) is 24.3 Å². The molecule has 0 bridgehead atoms. The summed E-state index contributed by atoms with van der Waals surface area (Å²) in [6, 6.07) is 8.46. The molecule has 2 rings (SSSR count). The maximum absolute atomic E-state index is 13.0. The van der Waals surface area contributed by atoms with Gasteiger partial charge in [0.15, 0.2) is 0 Å². The third-order valence-electron chi connectivity index (χ3n) is 2.85. The van der Waals surface area contributed by atoms with Gasteiger partial charge in [0, 0.05) is 24.6 Å². The molecule has 2 aromatic rings. The molecule has 0 radical (unpaired) electrons. The van der Waals surface area contributed by atoms with Gasteiger partial charge in [-0.25, -0.2) is 8.78 Å². The predicted molar refractivity (Wildman–Crippen MR) is 68.1 cm³/mol. The first-order chi connectivity index (χ1) is 9.45. The number of nitrogens with zero attached hydrogens (tertiary/aromatic N) is 1. The van der Waals surface area contributed by atoms with Gasteiger partial charge in [-0.3, -0.25) is 10.1 Å². The van der Waals surface area contributed by atoms with Crippen molar-refractivity contribution in [1.29, 1.82) is 0 Å². The van der Waals surface area contributed by atoms with E-state index >= 15 is 0 Å². The summed E-state index contributed by atoms with van der Waals surface area (Å²) >= 11 is 0. The summed E-state index contributed by atoms with van der Waals surface area (Å²) in [6.45, 7) is 0. The highest BCUT2D eigenvalue weighted by atomic mass is 19.1. The van der Waals surface area contributed by atoms with Gasteiger partial charge in [0.05, 0.1) is 11.0 Å². The summed E-state index contributed by atoms with van der Waals surface area (Å²) in [5, 5.41) is 20.4. The van der Waals surface area contributed by atoms with Crippen LogP contribution in [0.3, 0.4) is 0 Å². The molecule has 0 aliphatic carbocycles. The normalized spacial score (nSPS) is 12.2. The van der Waals surface area contributed by atoms with E-state index in [1.54, 1.807) is 0 Å². The van der Waals surface area contributed by atoms with E-state index in [0.29, 0.717) is 5.56 Å². The Balaban J connectivity index is 2.14. The van der Waals surface area contributed by atoms with Crippen LogP contribution in [0.1, 0.15) is 17.2 Å². The van der Waals surface area contributed by atoms with Crippen LogP contribution in [-0.4, -0.2) is 10.0 Å². The lowest BCUT2D eigenvalue weighted by Crippen LogP contribution is -2.03. The fourth-order valence-electron chi connectivity index (χ4n) is 1.86. The van der Waals surface area contributed by atoms with Crippen molar-refractivity contribution in [3.8, 4) is 0 Å². The highest BCUT2D eigenvalue weighted by molar-refractivity contribution is 5.33. The zero-order valence-corrected chi connectivity index (χ0v) is 10.3. The van der Waals surface area contributed by atoms with Crippen LogP contribution in [-0.2, 0) is 6.42 Å². The number of benzene rings is 2. The number of rotatable bonds is 4. The Morgan fingerprint density at radius 2 is 1.65 bits per heavy atom. The Morgan fingerprint density at radius 1 is 1.10 bits per heavy atom. The largest absolute Gasteiger partial charge is 0.388 e. The Labute approximate surface area is 113 Å². The van der Waals surface area contributed by atoms with E-state index in [2.05, 4.69) is 0 Å². The quantitative estimate of drug-likeness (QED) is 0.690. The number of halogens is 2. The van der Waals surface area contributed by atoms with Crippen LogP contribution in [0.4, 0.5) is 14.5 Å². The maximum atomic E-state index is 13.0. The van der Waals surface area contributed by atoms with Crippen molar-refractivity contribution in [1.82, 2.24) is 0 Å². The number of nitro groups is 1. The minimum Gasteiger partial charge on any atom is -0.388 e. The van der Waals surface area contributed by atoms with Crippen molar-refractivity contribution in [2.45, 2.75) is 12.5 Å². The Morgan fingerprint density at radius 3 is 2.15 bits per heavy atom. The second kappa shape index (κ2) is 5.75. The van der Waals surface area contributed by atoms with E-state index in [-0.39, 0.29) is 17.7 Å². The van der Waals surface area contributed by atoms with E-state index in [1.807, 2.05) is 0 Å². The topological polar surface area (TPSA) is 63.4 Å². The zero-order chi connectivity index (χ0) is 14.7. The SMILES string of the molecule is O=[N+]([O-])c1ccc(CC(O)c2cc(F)cc(F)c2)cc1. The van der Waals surface area contributed by atoms with Crippen molar-refractivity contribution >= 4 is 5.69 Å². The van der Waals surface area contributed by atoms with Gasteiger partial charge >= 0.3 is 0 Å². The Kier molecular flexibility index (Phi) is 4.05. The Bertz CT molecular complexity index is 609. The van der Waals surface area contributed by atoms with Crippen LogP contribution in [0, 0.1) is 21.7 Å². The molecule has 0 spiro atoms. The molecule has 0 aliphatic heterocycles. The molecule has 6 heteroatoms. The first kappa shape index (κ1) is 14.1. The summed E-state index contributed by atoms with van der Waals surface area (Å²) in [4.78, 5) is 9.98. The molecule has 1 unspecified atom stereocenters. The predicted octanol–water partition coefficient (Wildman–Crippen LogP) is 3.15. The molecular formula is C14H11F2NO3. The summed E-state index contributed by atoms with van der Waals surface area (Å²) in [7, 11) is 0. The molecule has 104 valence electrons. The van der Waals surface area contributed by atoms with Crippen LogP contribution in [0.2, 0.25) is 0 Å². The number of non-ortho nitro benzene ring substituents is 1. The molecule has 0 heterocycles. The van der Waals surface area contributed by atoms with Crippen LogP contribution in [0.5, 0.6) is 0 Å². The lowest BCUT2D eigenvalue weighted by atomic mass is 10.0. The summed E-state index contributed by atoms with van der Waals surface area (Å²) in [5.74, 6) is -1.52. The lowest BCUT2D eigenvalue weighted by molar-refractivity contribution is -0.384. The van der Waals surface area contributed by atoms with Crippen molar-refractivity contribution in [3.05, 3.63) is 75.3 Å². The van der Waals surface area contributed by atoms with Crippen molar-refractivity contribution in [2.24, 2.45) is 0 Å². The number of hydrogen-bond acceptors (Lipinski definition) is 3. The van der Waals surface area contributed by atoms with E-state index < -0.39 is 22.7 Å². The van der Waals surface area contributed by atoms with Gasteiger partial charge < -0.3 is 5.11 Å². The van der Waals surface area contributed by atoms with Crippen molar-refractivity contribution < 1.29 is 18.8 Å². The minimum absolute atomic E-state index is 0.0555. The summed E-state index contributed by atoms with van der Waals surface area (Å²) in [6.07, 6.45) is -0.970. The maximum Gasteiger partial charge on any atom is 0.269 e. The molecule has 20 heavy (non-hydrogen) atoms. The number of hydrogen-bond donors (Lipinski definition) is 1. The first-order valence-corrected chi connectivity index (χ1v) is 5.83. The molecule has 0 aliphatic rings. The monoisotopic (exact) mass is 279 g/mol. The highest BCUT2D eigenvalue weighted by Gasteiger charge is 2.12. The van der Waals surface area contributed by atoms with E-state index in [9.17, 15) is 24.0 Å². The molecule has 0 saturated heterocycles. The van der Waals surface area contributed by atoms with Gasteiger partial charge in [-0.05, 0) is 23.3 Å². The summed E-state index contributed by atoms with van der Waals surface area (Å²) < 4.78 is 26.1. The fourth-order valence-corrected chi connectivity index (χ4v) is 1.86. The third-order valence-corrected chi connectivity index (χ3v) is 2.85. The molecule has 0 saturated carbocycles. The van der Waals surface area contributed by atoms with Gasteiger partial charge in [-0.1, -0.05) is 12.1 Å². The van der Waals surface area contributed by atoms with Gasteiger partial charge in [-0.15, -0.1) is 0 Å². The smallest absolute Gasteiger partial charge is 0.269 e. The molecule has 0 amide bonds. The van der Waals surface area contributed by atoms with Crippen LogP contribution < -0.4 is 0 Å². The zero-order valence-electron chi connectivity index (χ0n) is 10.3. The molecule has 0 fully saturated rings. The Hall–Kier alpha value is -2.34. The second-order valence-electron chi connectivity index (χ2n) is 4.35. The van der Waals surface area contributed by atoms with Crippen molar-refractivity contribution in [3.63, 3.8) is 0 Å². The van der Waals surface area contributed by atoms with E-state index in [0.717, 1.165) is 18.2 Å². The first-order valence-electron chi connectivity index (χ1n) is 5.83. The molecule has 1 atom stereocenters. The average Bonchev–Trinajstić information content (AvgIpc) is 2.38. The van der Waals surface area contributed by atoms with Crippen molar-refractivity contribution in [2.75, 3.05) is 0 Å². The van der Waals surface area contributed by atoms with Gasteiger partial charge in [-0.2, -0.15) is 0 Å². The van der Waals surface area contributed by atoms with Crippen LogP contribution in [0.25, 0.3) is 0 Å². The van der Waals surface area contributed by atoms with Gasteiger partial charge in [0.1, 0.15) is 11.6 Å². The van der Waals surface area contributed by atoms with Crippen LogP contribution in [0.15, 0.2) is 42.5 Å². The van der Waals surface area contributed by atoms with Gasteiger partial charge in [0.2, 0.25) is 0 Å². The molecule has 2 aromatic carbocycles. The van der Waals surface area contributed by atoms with E-state index in [4.69, 9.17) is 0 Å².